The Labute approximate surface area is 146 Å². The van der Waals surface area contributed by atoms with Crippen LogP contribution in [0.1, 0.15) is 16.1 Å². The smallest absolute Gasteiger partial charge is 0.271 e. The second-order valence-electron chi connectivity index (χ2n) is 5.41. The van der Waals surface area contributed by atoms with Gasteiger partial charge in [-0.15, -0.1) is 10.2 Å². The Morgan fingerprint density at radius 1 is 1.16 bits per heavy atom. The van der Waals surface area contributed by atoms with Crippen LogP contribution in [0.2, 0.25) is 0 Å². The van der Waals surface area contributed by atoms with Crippen molar-refractivity contribution in [3.05, 3.63) is 53.7 Å². The minimum Gasteiger partial charge on any atom is -0.772 e. The molecule has 8 heteroatoms. The van der Waals surface area contributed by atoms with Crippen LogP contribution in [-0.2, 0) is 16.8 Å². The largest absolute Gasteiger partial charge is 0.772 e. The number of benzene rings is 2. The third-order valence-electron chi connectivity index (χ3n) is 3.82. The highest BCUT2D eigenvalue weighted by Crippen LogP contribution is 2.28. The quantitative estimate of drug-likeness (QED) is 0.673. The predicted octanol–water partition coefficient (Wildman–Crippen LogP) is 1.82. The van der Waals surface area contributed by atoms with Crippen molar-refractivity contribution in [1.82, 2.24) is 10.2 Å². The predicted molar refractivity (Wildman–Crippen MR) is 95.7 cm³/mol. The van der Waals surface area contributed by atoms with Gasteiger partial charge in [0, 0.05) is 18.2 Å². The SMILES string of the molecule is CNc1c(C(N)=O)nnc2cc(-c3ccc(CS(=O)[O-])cc3)ccc12. The number of carbonyl (C=O) groups is 1. The van der Waals surface area contributed by atoms with E-state index in [0.29, 0.717) is 11.2 Å². The number of rotatable bonds is 5. The standard InChI is InChI=1S/C17H16N4O3S/c1-19-15-13-7-6-12(8-14(13)20-21-16(15)17(18)22)11-4-2-10(3-5-11)9-25(23)24/h2-8H,9H2,1H3,(H2,18,22)(H,19,20)(H,23,24)/p-1. The number of primary amides is 1. The van der Waals surface area contributed by atoms with Crippen LogP contribution in [0.25, 0.3) is 22.0 Å². The van der Waals surface area contributed by atoms with Gasteiger partial charge in [-0.25, -0.2) is 0 Å². The minimum absolute atomic E-state index is 0.00903. The van der Waals surface area contributed by atoms with Crippen LogP contribution < -0.4 is 11.1 Å². The van der Waals surface area contributed by atoms with Gasteiger partial charge < -0.3 is 15.6 Å². The van der Waals surface area contributed by atoms with Crippen molar-refractivity contribution in [1.29, 1.82) is 0 Å². The van der Waals surface area contributed by atoms with E-state index in [1.54, 1.807) is 19.2 Å². The number of nitrogens with one attached hydrogen (secondary N) is 1. The zero-order valence-corrected chi connectivity index (χ0v) is 14.2. The molecule has 3 rings (SSSR count). The van der Waals surface area contributed by atoms with E-state index in [9.17, 15) is 13.6 Å². The van der Waals surface area contributed by atoms with Crippen LogP contribution in [0.3, 0.4) is 0 Å². The van der Waals surface area contributed by atoms with E-state index in [2.05, 4.69) is 15.5 Å². The summed E-state index contributed by atoms with van der Waals surface area (Å²) >= 11 is -2.11. The molecule has 0 aliphatic rings. The van der Waals surface area contributed by atoms with Gasteiger partial charge in [0.1, 0.15) is 0 Å². The Balaban J connectivity index is 2.03. The molecule has 2 aromatic carbocycles. The molecule has 1 atom stereocenters. The van der Waals surface area contributed by atoms with E-state index in [-0.39, 0.29) is 11.4 Å². The lowest BCUT2D eigenvalue weighted by molar-refractivity contribution is 0.0995. The zero-order valence-electron chi connectivity index (χ0n) is 13.4. The number of anilines is 1. The van der Waals surface area contributed by atoms with E-state index in [4.69, 9.17) is 5.73 Å². The topological polar surface area (TPSA) is 121 Å². The molecular formula is C17H15N4O3S-. The van der Waals surface area contributed by atoms with E-state index in [1.165, 1.54) is 0 Å². The Morgan fingerprint density at radius 3 is 2.44 bits per heavy atom. The van der Waals surface area contributed by atoms with E-state index < -0.39 is 17.0 Å². The molecule has 128 valence electrons. The van der Waals surface area contributed by atoms with Gasteiger partial charge >= 0.3 is 0 Å². The highest BCUT2D eigenvalue weighted by atomic mass is 32.2. The van der Waals surface area contributed by atoms with Crippen LogP contribution in [0.5, 0.6) is 0 Å². The van der Waals surface area contributed by atoms with Gasteiger partial charge in [0.15, 0.2) is 5.69 Å². The molecule has 1 amide bonds. The third-order valence-corrected chi connectivity index (χ3v) is 4.39. The average Bonchev–Trinajstić information content (AvgIpc) is 2.60. The second-order valence-corrected chi connectivity index (χ2v) is 6.31. The summed E-state index contributed by atoms with van der Waals surface area (Å²) in [6, 6.07) is 12.9. The summed E-state index contributed by atoms with van der Waals surface area (Å²) in [7, 11) is 1.69. The van der Waals surface area contributed by atoms with Gasteiger partial charge in [-0.05, 0) is 28.8 Å². The van der Waals surface area contributed by atoms with Crippen molar-refractivity contribution in [2.75, 3.05) is 12.4 Å². The van der Waals surface area contributed by atoms with E-state index in [0.717, 1.165) is 22.1 Å². The summed E-state index contributed by atoms with van der Waals surface area (Å²) in [5.74, 6) is -0.653. The molecule has 0 aliphatic heterocycles. The highest BCUT2D eigenvalue weighted by Gasteiger charge is 2.14. The van der Waals surface area contributed by atoms with E-state index in [1.807, 2.05) is 30.3 Å². The molecule has 1 heterocycles. The van der Waals surface area contributed by atoms with Crippen LogP contribution in [0.4, 0.5) is 5.69 Å². The van der Waals surface area contributed by atoms with Crippen LogP contribution in [0.15, 0.2) is 42.5 Å². The van der Waals surface area contributed by atoms with Crippen molar-refractivity contribution in [2.24, 2.45) is 5.73 Å². The summed E-state index contributed by atoms with van der Waals surface area (Å²) < 4.78 is 21.5. The molecule has 0 radical (unpaired) electrons. The Kier molecular flexibility index (Phi) is 4.73. The fraction of sp³-hybridized carbons (Fsp3) is 0.118. The van der Waals surface area contributed by atoms with Crippen molar-refractivity contribution in [3.8, 4) is 11.1 Å². The first-order valence-electron chi connectivity index (χ1n) is 7.42. The number of hydrogen-bond donors (Lipinski definition) is 2. The summed E-state index contributed by atoms with van der Waals surface area (Å²) in [5, 5.41) is 11.7. The van der Waals surface area contributed by atoms with Gasteiger partial charge in [-0.2, -0.15) is 0 Å². The molecular weight excluding hydrogens is 340 g/mol. The fourth-order valence-electron chi connectivity index (χ4n) is 2.64. The number of carbonyl (C=O) groups excluding carboxylic acids is 1. The summed E-state index contributed by atoms with van der Waals surface area (Å²) in [4.78, 5) is 11.5. The third kappa shape index (κ3) is 3.49. The van der Waals surface area contributed by atoms with Crippen LogP contribution in [0, 0.1) is 0 Å². The van der Waals surface area contributed by atoms with Crippen molar-refractivity contribution in [2.45, 2.75) is 5.75 Å². The van der Waals surface area contributed by atoms with Gasteiger partial charge in [-0.3, -0.25) is 9.00 Å². The van der Waals surface area contributed by atoms with Crippen molar-refractivity contribution >= 4 is 33.6 Å². The maximum absolute atomic E-state index is 11.5. The molecule has 7 nitrogen and oxygen atoms in total. The van der Waals surface area contributed by atoms with Gasteiger partial charge in [0.2, 0.25) is 0 Å². The maximum atomic E-state index is 11.5. The highest BCUT2D eigenvalue weighted by molar-refractivity contribution is 7.78. The van der Waals surface area contributed by atoms with Crippen molar-refractivity contribution < 1.29 is 13.6 Å². The first-order chi connectivity index (χ1) is 12.0. The molecule has 0 saturated heterocycles. The van der Waals surface area contributed by atoms with Crippen LogP contribution in [-0.4, -0.2) is 31.9 Å². The Morgan fingerprint density at radius 2 is 1.84 bits per heavy atom. The lowest BCUT2D eigenvalue weighted by atomic mass is 10.0. The fourth-order valence-corrected chi connectivity index (χ4v) is 3.11. The molecule has 0 bridgehead atoms. The van der Waals surface area contributed by atoms with E-state index >= 15 is 0 Å². The molecule has 0 spiro atoms. The summed E-state index contributed by atoms with van der Waals surface area (Å²) in [6.45, 7) is 0. The molecule has 0 saturated carbocycles. The molecule has 1 aromatic heterocycles. The zero-order chi connectivity index (χ0) is 18.0. The lowest BCUT2D eigenvalue weighted by Crippen LogP contribution is -2.16. The van der Waals surface area contributed by atoms with Crippen molar-refractivity contribution in [3.63, 3.8) is 0 Å². The number of hydrogen-bond acceptors (Lipinski definition) is 6. The molecule has 0 fully saturated rings. The van der Waals surface area contributed by atoms with Gasteiger partial charge in [0.05, 0.1) is 11.2 Å². The Hall–Kier alpha value is -2.84. The minimum atomic E-state index is -2.11. The number of amides is 1. The van der Waals surface area contributed by atoms with Crippen LogP contribution >= 0.6 is 0 Å². The summed E-state index contributed by atoms with van der Waals surface area (Å²) in [6.07, 6.45) is 0. The average molecular weight is 355 g/mol. The summed E-state index contributed by atoms with van der Waals surface area (Å²) in [5.41, 5.74) is 9.14. The monoisotopic (exact) mass is 355 g/mol. The number of nitrogens with two attached hydrogens (primary N) is 1. The molecule has 25 heavy (non-hydrogen) atoms. The molecule has 3 aromatic rings. The second kappa shape index (κ2) is 6.96. The molecule has 1 unspecified atom stereocenters. The number of nitrogens with zero attached hydrogens (tertiary/aromatic N) is 2. The van der Waals surface area contributed by atoms with Gasteiger partial charge in [-0.1, -0.05) is 41.4 Å². The number of aromatic nitrogens is 2. The number of fused-ring (bicyclic) bond motifs is 1. The first-order valence-corrected chi connectivity index (χ1v) is 8.67. The Bertz CT molecular complexity index is 974. The maximum Gasteiger partial charge on any atom is 0.271 e. The normalized spacial score (nSPS) is 12.1. The van der Waals surface area contributed by atoms with Gasteiger partial charge in [0.25, 0.3) is 5.91 Å². The first kappa shape index (κ1) is 17.0. The lowest BCUT2D eigenvalue weighted by Gasteiger charge is -2.10. The molecule has 3 N–H and O–H groups in total. The molecule has 0 aliphatic carbocycles.